The van der Waals surface area contributed by atoms with E-state index < -0.39 is 5.60 Å². The molecule has 0 amide bonds. The molecule has 2 unspecified atom stereocenters. The Morgan fingerprint density at radius 2 is 1.70 bits per heavy atom. The van der Waals surface area contributed by atoms with Crippen molar-refractivity contribution in [3.8, 4) is 0 Å². The minimum atomic E-state index is -0.745. The smallest absolute Gasteiger partial charge is 0.0933 e. The molecule has 0 saturated carbocycles. The number of hydrogen-bond donors (Lipinski definition) is 2. The predicted octanol–water partition coefficient (Wildman–Crippen LogP) is 2.18. The van der Waals surface area contributed by atoms with Crippen molar-refractivity contribution >= 4 is 10.8 Å². The van der Waals surface area contributed by atoms with Gasteiger partial charge in [-0.05, 0) is 29.2 Å². The normalized spacial score (nSPS) is 33.2. The van der Waals surface area contributed by atoms with E-state index >= 15 is 0 Å². The molecular weight excluding hydrogens is 250 g/mol. The molecule has 0 radical (unpaired) electrons. The fourth-order valence-electron chi connectivity index (χ4n) is 3.77. The van der Waals surface area contributed by atoms with E-state index in [0.717, 1.165) is 18.4 Å². The average Bonchev–Trinajstić information content (AvgIpc) is 2.46. The van der Waals surface area contributed by atoms with Gasteiger partial charge in [-0.1, -0.05) is 42.5 Å². The van der Waals surface area contributed by atoms with Crippen LogP contribution in [0.25, 0.3) is 10.8 Å². The van der Waals surface area contributed by atoms with Crippen molar-refractivity contribution in [2.75, 3.05) is 13.2 Å². The Bertz CT molecular complexity index is 622. The Labute approximate surface area is 118 Å². The summed E-state index contributed by atoms with van der Waals surface area (Å²) in [7, 11) is 0. The van der Waals surface area contributed by atoms with E-state index in [1.54, 1.807) is 0 Å². The van der Waals surface area contributed by atoms with Gasteiger partial charge in [-0.3, -0.25) is 0 Å². The molecule has 2 atom stereocenters. The third-order valence-corrected chi connectivity index (χ3v) is 4.57. The van der Waals surface area contributed by atoms with Gasteiger partial charge in [0.2, 0.25) is 0 Å². The van der Waals surface area contributed by atoms with Crippen LogP contribution in [0.3, 0.4) is 0 Å². The van der Waals surface area contributed by atoms with Crippen molar-refractivity contribution < 1.29 is 9.84 Å². The minimum Gasteiger partial charge on any atom is -0.385 e. The lowest BCUT2D eigenvalue weighted by Crippen LogP contribution is -2.58. The number of benzene rings is 2. The number of rotatable bonds is 1. The van der Waals surface area contributed by atoms with Crippen molar-refractivity contribution in [2.45, 2.75) is 30.5 Å². The van der Waals surface area contributed by atoms with Crippen LogP contribution in [0.15, 0.2) is 42.5 Å². The highest BCUT2D eigenvalue weighted by atomic mass is 16.5. The molecule has 2 fully saturated rings. The van der Waals surface area contributed by atoms with E-state index in [9.17, 15) is 5.11 Å². The second-order valence-electron chi connectivity index (χ2n) is 6.06. The zero-order valence-corrected chi connectivity index (χ0v) is 11.4. The highest BCUT2D eigenvalue weighted by Crippen LogP contribution is 2.39. The minimum absolute atomic E-state index is 0.256. The van der Waals surface area contributed by atoms with Crippen LogP contribution in [0.2, 0.25) is 0 Å². The molecule has 2 heterocycles. The van der Waals surface area contributed by atoms with Gasteiger partial charge in [0.1, 0.15) is 0 Å². The van der Waals surface area contributed by atoms with E-state index in [0.29, 0.717) is 13.2 Å². The Morgan fingerprint density at radius 1 is 1.00 bits per heavy atom. The lowest BCUT2D eigenvalue weighted by molar-refractivity contribution is -0.0794. The van der Waals surface area contributed by atoms with Crippen molar-refractivity contribution in [3.05, 3.63) is 48.0 Å². The Balaban J connectivity index is 1.81. The number of fused-ring (bicyclic) bond motifs is 3. The molecule has 2 aliphatic rings. The lowest BCUT2D eigenvalue weighted by Gasteiger charge is -2.45. The van der Waals surface area contributed by atoms with Crippen molar-refractivity contribution in [3.63, 3.8) is 0 Å². The molecule has 2 aliphatic heterocycles. The number of ether oxygens (including phenoxy) is 1. The van der Waals surface area contributed by atoms with Gasteiger partial charge in [0.15, 0.2) is 0 Å². The highest BCUT2D eigenvalue weighted by molar-refractivity contribution is 5.86. The van der Waals surface area contributed by atoms with Crippen LogP contribution in [0, 0.1) is 0 Å². The van der Waals surface area contributed by atoms with E-state index in [1.807, 2.05) is 18.2 Å². The monoisotopic (exact) mass is 269 g/mol. The van der Waals surface area contributed by atoms with Crippen LogP contribution in [-0.4, -0.2) is 30.4 Å². The fourth-order valence-corrected chi connectivity index (χ4v) is 3.77. The maximum absolute atomic E-state index is 11.3. The van der Waals surface area contributed by atoms with Crippen LogP contribution in [0.1, 0.15) is 18.4 Å². The Kier molecular flexibility index (Phi) is 2.81. The summed E-state index contributed by atoms with van der Waals surface area (Å²) in [5, 5.41) is 17.1. The number of aliphatic hydroxyl groups is 1. The molecule has 3 heteroatoms. The van der Waals surface area contributed by atoms with Crippen molar-refractivity contribution in [1.82, 2.24) is 5.32 Å². The molecule has 2 aromatic rings. The average molecular weight is 269 g/mol. The van der Waals surface area contributed by atoms with Crippen molar-refractivity contribution in [2.24, 2.45) is 0 Å². The molecule has 4 rings (SSSR count). The summed E-state index contributed by atoms with van der Waals surface area (Å²) in [6, 6.07) is 15.0. The number of morpholine rings is 1. The summed E-state index contributed by atoms with van der Waals surface area (Å²) in [5.41, 5.74) is 0.319. The molecule has 0 spiro atoms. The lowest BCUT2D eigenvalue weighted by atomic mass is 9.76. The summed E-state index contributed by atoms with van der Waals surface area (Å²) in [4.78, 5) is 0. The first-order valence-electron chi connectivity index (χ1n) is 7.29. The standard InChI is InChI=1S/C17H19NO2/c19-17(8-13-10-20-11-14(9-17)18-13)16-7-3-5-12-4-1-2-6-15(12)16/h1-7,13-14,18-19H,8-11H2. The van der Waals surface area contributed by atoms with Gasteiger partial charge in [-0.15, -0.1) is 0 Å². The topological polar surface area (TPSA) is 41.5 Å². The summed E-state index contributed by atoms with van der Waals surface area (Å²) >= 11 is 0. The molecule has 104 valence electrons. The second kappa shape index (κ2) is 4.55. The third-order valence-electron chi connectivity index (χ3n) is 4.57. The molecule has 2 bridgehead atoms. The summed E-state index contributed by atoms with van der Waals surface area (Å²) < 4.78 is 5.58. The maximum Gasteiger partial charge on any atom is 0.0933 e. The van der Waals surface area contributed by atoms with Gasteiger partial charge in [0.05, 0.1) is 18.8 Å². The number of nitrogens with one attached hydrogen (secondary N) is 1. The van der Waals surface area contributed by atoms with Crippen LogP contribution in [0.4, 0.5) is 0 Å². The quantitative estimate of drug-likeness (QED) is 0.834. The van der Waals surface area contributed by atoms with Crippen LogP contribution < -0.4 is 5.32 Å². The van der Waals surface area contributed by atoms with Crippen LogP contribution in [-0.2, 0) is 10.3 Å². The largest absolute Gasteiger partial charge is 0.385 e. The van der Waals surface area contributed by atoms with Gasteiger partial charge >= 0.3 is 0 Å². The molecule has 0 aromatic heterocycles. The Morgan fingerprint density at radius 3 is 2.50 bits per heavy atom. The molecule has 20 heavy (non-hydrogen) atoms. The van der Waals surface area contributed by atoms with Crippen LogP contribution in [0.5, 0.6) is 0 Å². The summed E-state index contributed by atoms with van der Waals surface area (Å²) in [5.74, 6) is 0. The zero-order valence-electron chi connectivity index (χ0n) is 11.4. The third kappa shape index (κ3) is 1.94. The van der Waals surface area contributed by atoms with E-state index in [2.05, 4.69) is 29.6 Å². The number of hydrogen-bond acceptors (Lipinski definition) is 3. The molecule has 2 aromatic carbocycles. The maximum atomic E-state index is 11.3. The fraction of sp³-hybridized carbons (Fsp3) is 0.412. The van der Waals surface area contributed by atoms with Crippen LogP contribution >= 0.6 is 0 Å². The van der Waals surface area contributed by atoms with Gasteiger partial charge in [0, 0.05) is 12.1 Å². The van der Waals surface area contributed by atoms with Gasteiger partial charge < -0.3 is 15.2 Å². The molecule has 0 aliphatic carbocycles. The van der Waals surface area contributed by atoms with E-state index in [-0.39, 0.29) is 12.1 Å². The summed E-state index contributed by atoms with van der Waals surface area (Å²) in [6.07, 6.45) is 1.44. The van der Waals surface area contributed by atoms with E-state index in [1.165, 1.54) is 10.8 Å². The predicted molar refractivity (Wildman–Crippen MR) is 78.6 cm³/mol. The first-order valence-corrected chi connectivity index (χ1v) is 7.29. The molecule has 3 nitrogen and oxygen atoms in total. The molecular formula is C17H19NO2. The van der Waals surface area contributed by atoms with Gasteiger partial charge in [-0.2, -0.15) is 0 Å². The number of piperidine rings is 1. The second-order valence-corrected chi connectivity index (χ2v) is 6.06. The van der Waals surface area contributed by atoms with Gasteiger partial charge in [0.25, 0.3) is 0 Å². The van der Waals surface area contributed by atoms with Gasteiger partial charge in [-0.25, -0.2) is 0 Å². The first-order chi connectivity index (χ1) is 9.74. The Hall–Kier alpha value is -1.42. The first kappa shape index (κ1) is 12.3. The van der Waals surface area contributed by atoms with E-state index in [4.69, 9.17) is 4.74 Å². The molecule has 2 N–H and O–H groups in total. The zero-order chi connectivity index (χ0) is 13.6. The summed E-state index contributed by atoms with van der Waals surface area (Å²) in [6.45, 7) is 1.40. The molecule has 2 saturated heterocycles. The van der Waals surface area contributed by atoms with Crippen molar-refractivity contribution in [1.29, 1.82) is 0 Å². The SMILES string of the molecule is OC1(c2cccc3ccccc23)CC2COCC(C1)N2. The highest BCUT2D eigenvalue weighted by Gasteiger charge is 2.42.